The molecule has 4 N–H and O–H groups in total. The highest BCUT2D eigenvalue weighted by Gasteiger charge is 2.45. The molecule has 3 aromatic carbocycles. The van der Waals surface area contributed by atoms with Gasteiger partial charge in [0.15, 0.2) is 9.84 Å². The number of anilines is 2. The maximum Gasteiger partial charge on any atom is 0.264 e. The highest BCUT2D eigenvalue weighted by Crippen LogP contribution is 2.36. The van der Waals surface area contributed by atoms with Gasteiger partial charge in [-0.3, -0.25) is 39.0 Å². The number of hydrogen-bond donors (Lipinski definition) is 4. The average Bonchev–Trinajstić information content (AvgIpc) is 3.40. The molecule has 1 unspecified atom stereocenters. The van der Waals surface area contributed by atoms with E-state index in [1.54, 1.807) is 24.3 Å². The average molecular weight is 764 g/mol. The quantitative estimate of drug-likeness (QED) is 0.163. The van der Waals surface area contributed by atoms with Crippen molar-refractivity contribution in [1.29, 1.82) is 0 Å². The van der Waals surface area contributed by atoms with Crippen LogP contribution in [0.3, 0.4) is 0 Å². The highest BCUT2D eigenvalue weighted by molar-refractivity contribution is 7.93. The number of hydrogen-bond acceptors (Lipinski definition) is 13. The summed E-state index contributed by atoms with van der Waals surface area (Å²) in [6.07, 6.45) is 1.30. The van der Waals surface area contributed by atoms with Crippen LogP contribution in [0.2, 0.25) is 0 Å². The lowest BCUT2D eigenvalue weighted by atomic mass is 10.0. The van der Waals surface area contributed by atoms with Crippen LogP contribution >= 0.6 is 0 Å². The molecule has 0 aromatic heterocycles. The number of carbonyl (C=O) groups excluding carboxylic acids is 6. The van der Waals surface area contributed by atoms with Crippen molar-refractivity contribution in [3.63, 3.8) is 0 Å². The molecule has 0 bridgehead atoms. The number of nitrogens with one attached hydrogen (secondary N) is 4. The topological polar surface area (TPSA) is 225 Å². The van der Waals surface area contributed by atoms with Gasteiger partial charge in [0, 0.05) is 24.0 Å². The third-order valence-corrected chi connectivity index (χ3v) is 9.74. The molecule has 54 heavy (non-hydrogen) atoms. The number of sulfone groups is 1. The van der Waals surface area contributed by atoms with Crippen LogP contribution in [-0.4, -0.2) is 96.3 Å². The van der Waals surface area contributed by atoms with E-state index in [0.29, 0.717) is 39.8 Å². The van der Waals surface area contributed by atoms with Crippen molar-refractivity contribution >= 4 is 62.7 Å². The second-order valence-electron chi connectivity index (χ2n) is 11.9. The summed E-state index contributed by atoms with van der Waals surface area (Å²) in [4.78, 5) is 76.6. The first-order chi connectivity index (χ1) is 25.8. The SMILES string of the molecule is COc1cc(OC)c(/C=C/S(=O)(=O)Cc2ccc(OC)c(NCC(=O)NCC(=O)Nc3cccc4c3C(=O)N(C3CCC(=O)NC3=O)C4=O)c2)c(OC)c1. The van der Waals surface area contributed by atoms with Crippen LogP contribution in [0.1, 0.15) is 44.7 Å². The zero-order valence-electron chi connectivity index (χ0n) is 29.6. The molecule has 284 valence electrons. The molecule has 0 aliphatic carbocycles. The molecule has 6 amide bonds. The van der Waals surface area contributed by atoms with Crippen LogP contribution in [0.25, 0.3) is 6.08 Å². The van der Waals surface area contributed by atoms with Gasteiger partial charge in [0.2, 0.25) is 23.6 Å². The highest BCUT2D eigenvalue weighted by atomic mass is 32.2. The Bertz CT molecular complexity index is 2140. The summed E-state index contributed by atoms with van der Waals surface area (Å²) in [5.41, 5.74) is 0.971. The predicted molar refractivity (Wildman–Crippen MR) is 194 cm³/mol. The van der Waals surface area contributed by atoms with Crippen molar-refractivity contribution in [3.8, 4) is 23.0 Å². The molecule has 2 aliphatic rings. The summed E-state index contributed by atoms with van der Waals surface area (Å²) in [5, 5.41) is 11.0. The Balaban J connectivity index is 1.18. The van der Waals surface area contributed by atoms with Crippen LogP contribution in [0.4, 0.5) is 11.4 Å². The molecule has 3 aromatic rings. The van der Waals surface area contributed by atoms with E-state index < -0.39 is 63.6 Å². The van der Waals surface area contributed by atoms with Gasteiger partial charge in [-0.15, -0.1) is 0 Å². The Morgan fingerprint density at radius 1 is 0.852 bits per heavy atom. The molecule has 2 heterocycles. The number of methoxy groups -OCH3 is 4. The molecule has 2 aliphatic heterocycles. The van der Waals surface area contributed by atoms with Gasteiger partial charge < -0.3 is 34.9 Å². The Labute approximate surface area is 309 Å². The maximum absolute atomic E-state index is 13.3. The number of piperidine rings is 1. The van der Waals surface area contributed by atoms with Gasteiger partial charge in [0.1, 0.15) is 29.0 Å². The molecular formula is C36H37N5O12S. The molecule has 0 radical (unpaired) electrons. The number of nitrogens with zero attached hydrogens (tertiary/aromatic N) is 1. The van der Waals surface area contributed by atoms with E-state index in [1.165, 1.54) is 58.8 Å². The minimum Gasteiger partial charge on any atom is -0.496 e. The predicted octanol–water partition coefficient (Wildman–Crippen LogP) is 1.87. The fourth-order valence-corrected chi connectivity index (χ4v) is 6.95. The van der Waals surface area contributed by atoms with Crippen LogP contribution in [-0.2, 0) is 34.8 Å². The third-order valence-electron chi connectivity index (χ3n) is 8.45. The van der Waals surface area contributed by atoms with E-state index in [4.69, 9.17) is 18.9 Å². The molecule has 0 spiro atoms. The summed E-state index contributed by atoms with van der Waals surface area (Å²) >= 11 is 0. The summed E-state index contributed by atoms with van der Waals surface area (Å²) in [7, 11) is 1.93. The molecule has 0 saturated carbocycles. The number of fused-ring (bicyclic) bond motifs is 1. The molecule has 1 saturated heterocycles. The monoisotopic (exact) mass is 763 g/mol. The molecule has 1 fully saturated rings. The summed E-state index contributed by atoms with van der Waals surface area (Å²) in [6.45, 7) is -0.833. The van der Waals surface area contributed by atoms with Gasteiger partial charge in [0.25, 0.3) is 11.8 Å². The zero-order valence-corrected chi connectivity index (χ0v) is 30.5. The smallest absolute Gasteiger partial charge is 0.264 e. The van der Waals surface area contributed by atoms with Crippen LogP contribution in [0.5, 0.6) is 23.0 Å². The lowest BCUT2D eigenvalue weighted by Crippen LogP contribution is -2.54. The lowest BCUT2D eigenvalue weighted by Gasteiger charge is -2.27. The van der Waals surface area contributed by atoms with Crippen molar-refractivity contribution in [3.05, 3.63) is 76.2 Å². The number of carbonyl (C=O) groups is 6. The van der Waals surface area contributed by atoms with Crippen molar-refractivity contribution < 1.29 is 56.1 Å². The van der Waals surface area contributed by atoms with Crippen molar-refractivity contribution in [2.75, 3.05) is 52.2 Å². The van der Waals surface area contributed by atoms with E-state index in [2.05, 4.69) is 21.3 Å². The summed E-state index contributed by atoms with van der Waals surface area (Å²) in [6, 6.07) is 10.9. The van der Waals surface area contributed by atoms with Crippen LogP contribution < -0.4 is 40.2 Å². The van der Waals surface area contributed by atoms with Crippen LogP contribution in [0, 0.1) is 0 Å². The third kappa shape index (κ3) is 8.60. The first-order valence-corrected chi connectivity index (χ1v) is 18.0. The number of imide groups is 2. The normalized spacial score (nSPS) is 15.4. The van der Waals surface area contributed by atoms with Gasteiger partial charge in [-0.05, 0) is 42.3 Å². The number of amides is 6. The van der Waals surface area contributed by atoms with Gasteiger partial charge in [0.05, 0.1) is 75.3 Å². The molecule has 17 nitrogen and oxygen atoms in total. The van der Waals surface area contributed by atoms with Gasteiger partial charge >= 0.3 is 0 Å². The van der Waals surface area contributed by atoms with Gasteiger partial charge in [-0.2, -0.15) is 0 Å². The molecule has 5 rings (SSSR count). The Morgan fingerprint density at radius 3 is 2.20 bits per heavy atom. The number of benzene rings is 3. The number of ether oxygens (including phenoxy) is 4. The van der Waals surface area contributed by atoms with Crippen molar-refractivity contribution in [2.45, 2.75) is 24.6 Å². The molecule has 1 atom stereocenters. The zero-order chi connectivity index (χ0) is 39.2. The summed E-state index contributed by atoms with van der Waals surface area (Å²) in [5.74, 6) is -3.03. The minimum absolute atomic E-state index is 0.00615. The van der Waals surface area contributed by atoms with E-state index >= 15 is 0 Å². The second-order valence-corrected chi connectivity index (χ2v) is 13.8. The maximum atomic E-state index is 13.3. The van der Waals surface area contributed by atoms with Crippen molar-refractivity contribution in [2.24, 2.45) is 0 Å². The Hall–Kier alpha value is -6.43. The van der Waals surface area contributed by atoms with Crippen molar-refractivity contribution in [1.82, 2.24) is 15.5 Å². The number of rotatable bonds is 15. The second kappa shape index (κ2) is 16.5. The molecular weight excluding hydrogens is 726 g/mol. The van der Waals surface area contributed by atoms with E-state index in [1.807, 2.05) is 0 Å². The summed E-state index contributed by atoms with van der Waals surface area (Å²) < 4.78 is 47.6. The van der Waals surface area contributed by atoms with Gasteiger partial charge in [-0.25, -0.2) is 8.42 Å². The first-order valence-electron chi connectivity index (χ1n) is 16.3. The first kappa shape index (κ1) is 38.8. The fourth-order valence-electron chi connectivity index (χ4n) is 5.86. The molecule has 18 heteroatoms. The van der Waals surface area contributed by atoms with E-state index in [-0.39, 0.29) is 36.2 Å². The van der Waals surface area contributed by atoms with E-state index in [9.17, 15) is 37.2 Å². The van der Waals surface area contributed by atoms with Crippen LogP contribution in [0.15, 0.2) is 53.9 Å². The largest absolute Gasteiger partial charge is 0.496 e. The lowest BCUT2D eigenvalue weighted by molar-refractivity contribution is -0.136. The minimum atomic E-state index is -3.82. The van der Waals surface area contributed by atoms with E-state index in [0.717, 1.165) is 10.3 Å². The van der Waals surface area contributed by atoms with Gasteiger partial charge in [-0.1, -0.05) is 12.1 Å². The Kier molecular flexibility index (Phi) is 11.8. The Morgan fingerprint density at radius 2 is 1.56 bits per heavy atom. The fraction of sp³-hybridized carbons (Fsp3) is 0.278. The standard InChI is InChI=1S/C36H37N5O12S/c1-50-21-15-28(52-3)22(29(16-21)53-4)12-13-54(48,49)19-20-8-10-27(51-2)25(14-20)37-17-31(43)38-18-32(44)39-24-7-5-6-23-33(24)36(47)41(35(23)46)26-9-11-30(42)40-34(26)45/h5-8,10,12-16,26,37H,9,11,17-19H2,1-4H3,(H,38,43)(H,39,44)(H,40,42,45)/b13-12+.